The Balaban J connectivity index is 0.00000264. The standard InChI is InChI=1S/C18H22N2OS.ClH/c1-19-12-13-20(2)18(21)16-10-8-15(9-11-16)14-22-17-6-4-3-5-7-17;/h3-11,19H,12-14H2,1-2H3;1H. The maximum atomic E-state index is 12.2. The van der Waals surface area contributed by atoms with Gasteiger partial charge in [-0.25, -0.2) is 0 Å². The molecular formula is C18H23ClN2OS. The average molecular weight is 351 g/mol. The molecule has 124 valence electrons. The summed E-state index contributed by atoms with van der Waals surface area (Å²) in [6.07, 6.45) is 0. The molecule has 0 saturated carbocycles. The number of hydrogen-bond donors (Lipinski definition) is 1. The van der Waals surface area contributed by atoms with Gasteiger partial charge in [-0.15, -0.1) is 24.2 Å². The van der Waals surface area contributed by atoms with Gasteiger partial charge in [-0.3, -0.25) is 4.79 Å². The van der Waals surface area contributed by atoms with Crippen LogP contribution in [0, 0.1) is 0 Å². The van der Waals surface area contributed by atoms with Crippen LogP contribution in [0.4, 0.5) is 0 Å². The molecule has 3 nitrogen and oxygen atoms in total. The number of halogens is 1. The van der Waals surface area contributed by atoms with Crippen molar-refractivity contribution in [3.63, 3.8) is 0 Å². The number of carbonyl (C=O) groups excluding carboxylic acids is 1. The number of nitrogens with zero attached hydrogens (tertiary/aromatic N) is 1. The highest BCUT2D eigenvalue weighted by Gasteiger charge is 2.10. The van der Waals surface area contributed by atoms with Gasteiger partial charge >= 0.3 is 0 Å². The Labute approximate surface area is 148 Å². The molecule has 0 aliphatic heterocycles. The van der Waals surface area contributed by atoms with Crippen LogP contribution in [0.1, 0.15) is 15.9 Å². The van der Waals surface area contributed by atoms with Gasteiger partial charge in [-0.2, -0.15) is 0 Å². The zero-order valence-corrected chi connectivity index (χ0v) is 15.1. The van der Waals surface area contributed by atoms with E-state index in [1.165, 1.54) is 10.5 Å². The van der Waals surface area contributed by atoms with Crippen molar-refractivity contribution >= 4 is 30.1 Å². The molecule has 2 aromatic rings. The first-order chi connectivity index (χ1) is 10.7. The van der Waals surface area contributed by atoms with Crippen LogP contribution in [0.2, 0.25) is 0 Å². The number of hydrogen-bond acceptors (Lipinski definition) is 3. The molecule has 23 heavy (non-hydrogen) atoms. The molecule has 2 aromatic carbocycles. The lowest BCUT2D eigenvalue weighted by Gasteiger charge is -2.17. The van der Waals surface area contributed by atoms with E-state index >= 15 is 0 Å². The monoisotopic (exact) mass is 350 g/mol. The van der Waals surface area contributed by atoms with E-state index in [4.69, 9.17) is 0 Å². The molecule has 0 radical (unpaired) electrons. The number of rotatable bonds is 7. The Morgan fingerprint density at radius 1 is 1.09 bits per heavy atom. The second kappa shape index (κ2) is 10.3. The Bertz CT molecular complexity index is 590. The molecule has 5 heteroatoms. The summed E-state index contributed by atoms with van der Waals surface area (Å²) < 4.78 is 0. The lowest BCUT2D eigenvalue weighted by molar-refractivity contribution is 0.0797. The molecule has 0 aliphatic rings. The van der Waals surface area contributed by atoms with E-state index in [1.807, 2.05) is 56.6 Å². The maximum Gasteiger partial charge on any atom is 0.253 e. The largest absolute Gasteiger partial charge is 0.340 e. The van der Waals surface area contributed by atoms with Gasteiger partial charge in [-0.05, 0) is 36.9 Å². The lowest BCUT2D eigenvalue weighted by Crippen LogP contribution is -2.32. The van der Waals surface area contributed by atoms with Crippen molar-refractivity contribution in [2.45, 2.75) is 10.6 Å². The Morgan fingerprint density at radius 2 is 1.74 bits per heavy atom. The SMILES string of the molecule is CNCCN(C)C(=O)c1ccc(CSc2ccccc2)cc1.Cl. The van der Waals surface area contributed by atoms with Gasteiger partial charge in [0.1, 0.15) is 0 Å². The van der Waals surface area contributed by atoms with Crippen LogP contribution >= 0.6 is 24.2 Å². The van der Waals surface area contributed by atoms with Crippen LogP contribution in [-0.2, 0) is 5.75 Å². The van der Waals surface area contributed by atoms with Gasteiger partial charge in [0.2, 0.25) is 0 Å². The van der Waals surface area contributed by atoms with E-state index in [2.05, 4.69) is 17.4 Å². The summed E-state index contributed by atoms with van der Waals surface area (Å²) in [6.45, 7) is 1.51. The third-order valence-corrected chi connectivity index (χ3v) is 4.48. The number of thioether (sulfide) groups is 1. The fourth-order valence-corrected chi connectivity index (χ4v) is 2.90. The van der Waals surface area contributed by atoms with Crippen LogP contribution < -0.4 is 5.32 Å². The van der Waals surface area contributed by atoms with Gasteiger partial charge in [-0.1, -0.05) is 30.3 Å². The van der Waals surface area contributed by atoms with Crippen LogP contribution in [0.3, 0.4) is 0 Å². The minimum Gasteiger partial charge on any atom is -0.340 e. The number of carbonyl (C=O) groups is 1. The summed E-state index contributed by atoms with van der Waals surface area (Å²) in [5.74, 6) is 0.978. The molecule has 0 spiro atoms. The van der Waals surface area contributed by atoms with Crippen molar-refractivity contribution in [3.8, 4) is 0 Å². The van der Waals surface area contributed by atoms with E-state index in [9.17, 15) is 4.79 Å². The first kappa shape index (κ1) is 19.6. The molecule has 1 N–H and O–H groups in total. The van der Waals surface area contributed by atoms with Crippen molar-refractivity contribution in [2.24, 2.45) is 0 Å². The van der Waals surface area contributed by atoms with Gasteiger partial charge in [0, 0.05) is 36.3 Å². The molecule has 1 amide bonds. The van der Waals surface area contributed by atoms with E-state index in [0.717, 1.165) is 17.9 Å². The molecule has 0 bridgehead atoms. The smallest absolute Gasteiger partial charge is 0.253 e. The van der Waals surface area contributed by atoms with E-state index in [-0.39, 0.29) is 18.3 Å². The molecule has 0 atom stereocenters. The normalized spacial score (nSPS) is 10.0. The summed E-state index contributed by atoms with van der Waals surface area (Å²) in [4.78, 5) is 15.2. The summed E-state index contributed by atoms with van der Waals surface area (Å²) >= 11 is 1.80. The Hall–Kier alpha value is -1.49. The highest BCUT2D eigenvalue weighted by molar-refractivity contribution is 7.98. The number of nitrogens with one attached hydrogen (secondary N) is 1. The third-order valence-electron chi connectivity index (χ3n) is 3.39. The third kappa shape index (κ3) is 6.26. The van der Waals surface area contributed by atoms with E-state index in [1.54, 1.807) is 16.7 Å². The summed E-state index contributed by atoms with van der Waals surface area (Å²) in [6, 6.07) is 18.2. The molecule has 0 saturated heterocycles. The molecular weight excluding hydrogens is 328 g/mol. The van der Waals surface area contributed by atoms with Crippen LogP contribution in [0.25, 0.3) is 0 Å². The predicted octanol–water partition coefficient (Wildman–Crippen LogP) is 3.69. The number of likely N-dealkylation sites (N-methyl/N-ethyl adjacent to an activating group) is 2. The van der Waals surface area contributed by atoms with Gasteiger partial charge < -0.3 is 10.2 Å². The number of amides is 1. The fraction of sp³-hybridized carbons (Fsp3) is 0.278. The van der Waals surface area contributed by atoms with Crippen molar-refractivity contribution in [1.82, 2.24) is 10.2 Å². The highest BCUT2D eigenvalue weighted by atomic mass is 35.5. The Morgan fingerprint density at radius 3 is 2.35 bits per heavy atom. The second-order valence-corrected chi connectivity index (χ2v) is 6.18. The number of benzene rings is 2. The molecule has 0 unspecified atom stereocenters. The van der Waals surface area contributed by atoms with Gasteiger partial charge in [0.15, 0.2) is 0 Å². The lowest BCUT2D eigenvalue weighted by atomic mass is 10.1. The molecule has 0 aliphatic carbocycles. The van der Waals surface area contributed by atoms with Gasteiger partial charge in [0.25, 0.3) is 5.91 Å². The van der Waals surface area contributed by atoms with E-state index in [0.29, 0.717) is 6.54 Å². The first-order valence-electron chi connectivity index (χ1n) is 7.37. The predicted molar refractivity (Wildman–Crippen MR) is 101 cm³/mol. The van der Waals surface area contributed by atoms with Crippen molar-refractivity contribution < 1.29 is 4.79 Å². The quantitative estimate of drug-likeness (QED) is 0.773. The van der Waals surface area contributed by atoms with Crippen molar-refractivity contribution in [1.29, 1.82) is 0 Å². The zero-order valence-electron chi connectivity index (χ0n) is 13.5. The molecule has 0 fully saturated rings. The summed E-state index contributed by atoms with van der Waals surface area (Å²) in [7, 11) is 3.72. The van der Waals surface area contributed by atoms with Crippen molar-refractivity contribution in [3.05, 3.63) is 65.7 Å². The van der Waals surface area contributed by atoms with E-state index < -0.39 is 0 Å². The molecule has 2 rings (SSSR count). The van der Waals surface area contributed by atoms with Gasteiger partial charge in [0.05, 0.1) is 0 Å². The second-order valence-electron chi connectivity index (χ2n) is 5.13. The highest BCUT2D eigenvalue weighted by Crippen LogP contribution is 2.22. The first-order valence-corrected chi connectivity index (χ1v) is 8.36. The average Bonchev–Trinajstić information content (AvgIpc) is 2.58. The van der Waals surface area contributed by atoms with Crippen molar-refractivity contribution in [2.75, 3.05) is 27.2 Å². The summed E-state index contributed by atoms with van der Waals surface area (Å²) in [5, 5.41) is 3.05. The summed E-state index contributed by atoms with van der Waals surface area (Å²) in [5.41, 5.74) is 1.97. The maximum absolute atomic E-state index is 12.2. The molecule has 0 aromatic heterocycles. The molecule has 0 heterocycles. The minimum absolute atomic E-state index is 0. The topological polar surface area (TPSA) is 32.3 Å². The van der Waals surface area contributed by atoms with Crippen LogP contribution in [0.5, 0.6) is 0 Å². The Kier molecular flexibility index (Phi) is 8.77. The fourth-order valence-electron chi connectivity index (χ4n) is 2.03. The zero-order chi connectivity index (χ0) is 15.8. The van der Waals surface area contributed by atoms with Crippen LogP contribution in [-0.4, -0.2) is 38.0 Å². The van der Waals surface area contributed by atoms with Crippen LogP contribution in [0.15, 0.2) is 59.5 Å². The minimum atomic E-state index is 0.